The van der Waals surface area contributed by atoms with Crippen LogP contribution in [0, 0.1) is 6.92 Å². The number of aryl methyl sites for hydroxylation is 1. The summed E-state index contributed by atoms with van der Waals surface area (Å²) in [5, 5.41) is 3.47. The number of nitrogens with one attached hydrogen (secondary N) is 1. The van der Waals surface area contributed by atoms with Crippen LogP contribution in [-0.2, 0) is 6.54 Å². The molecule has 0 saturated heterocycles. The van der Waals surface area contributed by atoms with Gasteiger partial charge in [-0.05, 0) is 58.1 Å². The van der Waals surface area contributed by atoms with Gasteiger partial charge in [0.25, 0.3) is 0 Å². The maximum absolute atomic E-state index is 4.74. The second-order valence-electron chi connectivity index (χ2n) is 5.94. The molecule has 1 heterocycles. The Hall–Kier alpha value is -1.13. The van der Waals surface area contributed by atoms with Crippen LogP contribution in [0.15, 0.2) is 12.1 Å². The molecule has 4 heteroatoms. The van der Waals surface area contributed by atoms with E-state index in [2.05, 4.69) is 62.1 Å². The van der Waals surface area contributed by atoms with E-state index >= 15 is 0 Å². The summed E-state index contributed by atoms with van der Waals surface area (Å²) in [4.78, 5) is 9.36. The Kier molecular flexibility index (Phi) is 8.31. The molecule has 1 aromatic rings. The molecule has 1 rings (SSSR count). The molecule has 0 fully saturated rings. The summed E-state index contributed by atoms with van der Waals surface area (Å²) in [6.07, 6.45) is 2.31. The van der Waals surface area contributed by atoms with Gasteiger partial charge in [0.1, 0.15) is 5.82 Å². The van der Waals surface area contributed by atoms with Crippen molar-refractivity contribution in [3.05, 3.63) is 23.4 Å². The molecule has 0 saturated carbocycles. The van der Waals surface area contributed by atoms with Crippen molar-refractivity contribution in [3.8, 4) is 0 Å². The van der Waals surface area contributed by atoms with Crippen molar-refractivity contribution in [2.75, 3.05) is 45.2 Å². The van der Waals surface area contributed by atoms with Crippen molar-refractivity contribution in [3.63, 3.8) is 0 Å². The van der Waals surface area contributed by atoms with Gasteiger partial charge in [0.05, 0.1) is 0 Å². The second-order valence-corrected chi connectivity index (χ2v) is 5.94. The quantitative estimate of drug-likeness (QED) is 0.672. The van der Waals surface area contributed by atoms with Gasteiger partial charge >= 0.3 is 0 Å². The Morgan fingerprint density at radius 1 is 1.05 bits per heavy atom. The number of likely N-dealkylation sites (N-methyl/N-ethyl adjacent to an activating group) is 1. The summed E-state index contributed by atoms with van der Waals surface area (Å²) in [7, 11) is 4.24. The number of nitrogens with zero attached hydrogens (tertiary/aromatic N) is 3. The first-order chi connectivity index (χ1) is 10.1. The van der Waals surface area contributed by atoms with Crippen LogP contribution in [0.25, 0.3) is 0 Å². The minimum absolute atomic E-state index is 0.928. The maximum atomic E-state index is 4.74. The van der Waals surface area contributed by atoms with Crippen LogP contribution in [0.3, 0.4) is 0 Å². The van der Waals surface area contributed by atoms with Gasteiger partial charge in [0.2, 0.25) is 0 Å². The highest BCUT2D eigenvalue weighted by atomic mass is 15.2. The minimum Gasteiger partial charge on any atom is -0.355 e. The molecule has 0 spiro atoms. The lowest BCUT2D eigenvalue weighted by Crippen LogP contribution is -2.33. The third-order valence-electron chi connectivity index (χ3n) is 3.39. The summed E-state index contributed by atoms with van der Waals surface area (Å²) < 4.78 is 0. The van der Waals surface area contributed by atoms with Crippen LogP contribution < -0.4 is 10.2 Å². The van der Waals surface area contributed by atoms with Gasteiger partial charge in [0.15, 0.2) is 0 Å². The monoisotopic (exact) mass is 292 g/mol. The fourth-order valence-corrected chi connectivity index (χ4v) is 2.33. The topological polar surface area (TPSA) is 31.4 Å². The molecule has 0 aliphatic heterocycles. The zero-order valence-electron chi connectivity index (χ0n) is 14.4. The smallest absolute Gasteiger partial charge is 0.129 e. The largest absolute Gasteiger partial charge is 0.355 e. The van der Waals surface area contributed by atoms with Crippen LogP contribution in [0.4, 0.5) is 5.82 Å². The molecule has 1 N–H and O–H groups in total. The Balaban J connectivity index is 2.80. The summed E-state index contributed by atoms with van der Waals surface area (Å²) in [6.45, 7) is 11.6. The van der Waals surface area contributed by atoms with Crippen molar-refractivity contribution < 1.29 is 0 Å². The zero-order chi connectivity index (χ0) is 15.7. The Bertz CT molecular complexity index is 404. The molecule has 0 aliphatic carbocycles. The third kappa shape index (κ3) is 6.91. The molecule has 0 amide bonds. The van der Waals surface area contributed by atoms with E-state index in [1.807, 2.05) is 0 Å². The zero-order valence-corrected chi connectivity index (χ0v) is 14.4. The number of pyridine rings is 1. The lowest BCUT2D eigenvalue weighted by Gasteiger charge is -2.25. The molecule has 0 unspecified atom stereocenters. The Labute approximate surface area is 130 Å². The van der Waals surface area contributed by atoms with E-state index < -0.39 is 0 Å². The van der Waals surface area contributed by atoms with Crippen LogP contribution in [-0.4, -0.2) is 50.2 Å². The molecule has 0 aromatic carbocycles. The number of hydrogen-bond donors (Lipinski definition) is 1. The maximum Gasteiger partial charge on any atom is 0.129 e. The van der Waals surface area contributed by atoms with Crippen molar-refractivity contribution in [2.24, 2.45) is 0 Å². The van der Waals surface area contributed by atoms with E-state index in [4.69, 9.17) is 4.98 Å². The molecule has 0 aliphatic rings. The van der Waals surface area contributed by atoms with Gasteiger partial charge in [-0.15, -0.1) is 0 Å². The number of anilines is 1. The van der Waals surface area contributed by atoms with Crippen LogP contribution in [0.1, 0.15) is 37.9 Å². The van der Waals surface area contributed by atoms with Crippen molar-refractivity contribution in [1.29, 1.82) is 0 Å². The second kappa shape index (κ2) is 9.74. The van der Waals surface area contributed by atoms with E-state index in [1.54, 1.807) is 0 Å². The molecule has 0 radical (unpaired) electrons. The van der Waals surface area contributed by atoms with Crippen molar-refractivity contribution in [2.45, 2.75) is 40.2 Å². The van der Waals surface area contributed by atoms with E-state index in [9.17, 15) is 0 Å². The average molecular weight is 292 g/mol. The van der Waals surface area contributed by atoms with Crippen LogP contribution in [0.2, 0.25) is 0 Å². The molecular formula is C17H32N4. The van der Waals surface area contributed by atoms with Gasteiger partial charge in [0, 0.05) is 31.9 Å². The molecule has 0 bridgehead atoms. The third-order valence-corrected chi connectivity index (χ3v) is 3.39. The number of rotatable bonds is 10. The van der Waals surface area contributed by atoms with E-state index in [0.717, 1.165) is 50.7 Å². The van der Waals surface area contributed by atoms with Gasteiger partial charge in [-0.2, -0.15) is 0 Å². The number of hydrogen-bond acceptors (Lipinski definition) is 4. The highest BCUT2D eigenvalue weighted by molar-refractivity contribution is 5.42. The average Bonchev–Trinajstić information content (AvgIpc) is 2.43. The first-order valence-corrected chi connectivity index (χ1v) is 8.14. The molecule has 120 valence electrons. The standard InChI is InChI=1S/C17H32N4/c1-6-8-18-14-16-12-15(3)19-17(13-16)21(9-7-2)11-10-20(4)5/h12-13,18H,6-11,14H2,1-5H3. The summed E-state index contributed by atoms with van der Waals surface area (Å²) in [5.74, 6) is 1.12. The van der Waals surface area contributed by atoms with E-state index in [1.165, 1.54) is 12.0 Å². The van der Waals surface area contributed by atoms with Gasteiger partial charge in [-0.25, -0.2) is 4.98 Å². The van der Waals surface area contributed by atoms with E-state index in [0.29, 0.717) is 0 Å². The lowest BCUT2D eigenvalue weighted by molar-refractivity contribution is 0.412. The highest BCUT2D eigenvalue weighted by Gasteiger charge is 2.09. The summed E-state index contributed by atoms with van der Waals surface area (Å²) in [6, 6.07) is 4.42. The Morgan fingerprint density at radius 3 is 2.43 bits per heavy atom. The van der Waals surface area contributed by atoms with Crippen LogP contribution in [0.5, 0.6) is 0 Å². The summed E-state index contributed by atoms with van der Waals surface area (Å²) >= 11 is 0. The fraction of sp³-hybridized carbons (Fsp3) is 0.706. The van der Waals surface area contributed by atoms with Gasteiger partial charge < -0.3 is 15.1 Å². The predicted molar refractivity (Wildman–Crippen MR) is 92.0 cm³/mol. The van der Waals surface area contributed by atoms with Crippen molar-refractivity contribution >= 4 is 5.82 Å². The van der Waals surface area contributed by atoms with E-state index in [-0.39, 0.29) is 0 Å². The molecule has 0 atom stereocenters. The fourth-order valence-electron chi connectivity index (χ4n) is 2.33. The van der Waals surface area contributed by atoms with Crippen LogP contribution >= 0.6 is 0 Å². The minimum atomic E-state index is 0.928. The Morgan fingerprint density at radius 2 is 1.81 bits per heavy atom. The van der Waals surface area contributed by atoms with Gasteiger partial charge in [-0.3, -0.25) is 0 Å². The molecule has 21 heavy (non-hydrogen) atoms. The number of aromatic nitrogens is 1. The first-order valence-electron chi connectivity index (χ1n) is 8.14. The predicted octanol–water partition coefficient (Wildman–Crippen LogP) is 2.67. The first kappa shape index (κ1) is 17.9. The summed E-state index contributed by atoms with van der Waals surface area (Å²) in [5.41, 5.74) is 2.43. The molecule has 1 aromatic heterocycles. The van der Waals surface area contributed by atoms with Crippen molar-refractivity contribution in [1.82, 2.24) is 15.2 Å². The SMILES string of the molecule is CCCNCc1cc(C)nc(N(CCC)CCN(C)C)c1. The molecular weight excluding hydrogens is 260 g/mol. The molecule has 4 nitrogen and oxygen atoms in total. The highest BCUT2D eigenvalue weighted by Crippen LogP contribution is 2.15. The van der Waals surface area contributed by atoms with Gasteiger partial charge in [-0.1, -0.05) is 13.8 Å². The normalized spacial score (nSPS) is 11.1. The lowest BCUT2D eigenvalue weighted by atomic mass is 10.2.